The number of aromatic carboxylic acids is 1. The van der Waals surface area contributed by atoms with Gasteiger partial charge in [0, 0.05) is 5.56 Å². The molecule has 0 fully saturated rings. The number of hydrogen-bond donors (Lipinski definition) is 1. The molecule has 0 saturated heterocycles. The molecule has 0 amide bonds. The Labute approximate surface area is 90.7 Å². The third-order valence-electron chi connectivity index (χ3n) is 2.57. The fourth-order valence-electron chi connectivity index (χ4n) is 1.86. The second-order valence-electron chi connectivity index (χ2n) is 3.57. The number of halogens is 2. The maximum atomic E-state index is 12.7. The predicted molar refractivity (Wildman–Crippen MR) is 52.2 cm³/mol. The Bertz CT molecular complexity index is 429. The van der Waals surface area contributed by atoms with E-state index in [-0.39, 0.29) is 16.9 Å². The number of hydrogen-bond acceptors (Lipinski definition) is 2. The van der Waals surface area contributed by atoms with E-state index in [0.717, 1.165) is 6.07 Å². The first kappa shape index (κ1) is 10.9. The van der Waals surface area contributed by atoms with E-state index in [9.17, 15) is 13.6 Å². The highest BCUT2D eigenvalue weighted by atomic mass is 19.3. The first-order valence-electron chi connectivity index (χ1n) is 4.91. The standard InChI is InChI=1S/C11H10F2O3/c12-10(13)8-4-3-7(11(14)15)6-2-1-5-16-9(6)8/h3-4,10H,1-2,5H2,(H,14,15). The molecule has 5 heteroatoms. The predicted octanol–water partition coefficient (Wildman–Crippen LogP) is 2.65. The van der Waals surface area contributed by atoms with Gasteiger partial charge in [-0.25, -0.2) is 13.6 Å². The minimum atomic E-state index is -2.64. The SMILES string of the molecule is O=C(O)c1ccc(C(F)F)c2c1CCCO2. The molecule has 0 aromatic heterocycles. The van der Waals surface area contributed by atoms with Gasteiger partial charge in [-0.05, 0) is 25.0 Å². The lowest BCUT2D eigenvalue weighted by atomic mass is 9.96. The van der Waals surface area contributed by atoms with Crippen LogP contribution in [0.5, 0.6) is 5.75 Å². The van der Waals surface area contributed by atoms with Crippen LogP contribution in [-0.2, 0) is 6.42 Å². The number of ether oxygens (including phenoxy) is 1. The smallest absolute Gasteiger partial charge is 0.336 e. The first-order chi connectivity index (χ1) is 7.61. The molecule has 2 rings (SSSR count). The van der Waals surface area contributed by atoms with E-state index in [0.29, 0.717) is 25.0 Å². The zero-order valence-electron chi connectivity index (χ0n) is 8.37. The van der Waals surface area contributed by atoms with E-state index in [1.54, 1.807) is 0 Å². The van der Waals surface area contributed by atoms with E-state index in [1.165, 1.54) is 6.07 Å². The van der Waals surface area contributed by atoms with Crippen molar-refractivity contribution >= 4 is 5.97 Å². The Morgan fingerprint density at radius 2 is 2.19 bits per heavy atom. The summed E-state index contributed by atoms with van der Waals surface area (Å²) in [6.45, 7) is 0.357. The van der Waals surface area contributed by atoms with Crippen LogP contribution in [0, 0.1) is 0 Å². The molecule has 0 radical (unpaired) electrons. The Morgan fingerprint density at radius 3 is 2.81 bits per heavy atom. The monoisotopic (exact) mass is 228 g/mol. The second-order valence-corrected chi connectivity index (χ2v) is 3.57. The summed E-state index contributed by atoms with van der Waals surface area (Å²) in [6.07, 6.45) is -1.52. The minimum absolute atomic E-state index is 0.0547. The molecule has 3 nitrogen and oxygen atoms in total. The van der Waals surface area contributed by atoms with Crippen molar-refractivity contribution in [1.29, 1.82) is 0 Å². The normalized spacial score (nSPS) is 14.4. The lowest BCUT2D eigenvalue weighted by molar-refractivity contribution is 0.0693. The lowest BCUT2D eigenvalue weighted by Gasteiger charge is -2.21. The van der Waals surface area contributed by atoms with Crippen LogP contribution in [0.15, 0.2) is 12.1 Å². The first-order valence-corrected chi connectivity index (χ1v) is 4.91. The second kappa shape index (κ2) is 4.08. The molecule has 0 atom stereocenters. The summed E-state index contributed by atoms with van der Waals surface area (Å²) in [5.74, 6) is -1.05. The average Bonchev–Trinajstić information content (AvgIpc) is 2.27. The van der Waals surface area contributed by atoms with Gasteiger partial charge in [-0.15, -0.1) is 0 Å². The molecule has 0 aliphatic carbocycles. The van der Waals surface area contributed by atoms with Crippen molar-refractivity contribution in [3.05, 3.63) is 28.8 Å². The van der Waals surface area contributed by atoms with Crippen LogP contribution in [0.4, 0.5) is 8.78 Å². The highest BCUT2D eigenvalue weighted by Crippen LogP contribution is 2.37. The molecule has 1 aromatic rings. The molecule has 1 aromatic carbocycles. The Balaban J connectivity index is 2.59. The van der Waals surface area contributed by atoms with Gasteiger partial charge in [-0.3, -0.25) is 0 Å². The Hall–Kier alpha value is -1.65. The maximum Gasteiger partial charge on any atom is 0.336 e. The summed E-state index contributed by atoms with van der Waals surface area (Å²) in [7, 11) is 0. The molecule has 0 bridgehead atoms. The highest BCUT2D eigenvalue weighted by Gasteiger charge is 2.25. The molecule has 0 unspecified atom stereocenters. The quantitative estimate of drug-likeness (QED) is 0.846. The molecule has 0 spiro atoms. The molecule has 86 valence electrons. The largest absolute Gasteiger partial charge is 0.493 e. The van der Waals surface area contributed by atoms with Crippen LogP contribution in [-0.4, -0.2) is 17.7 Å². The van der Waals surface area contributed by atoms with Gasteiger partial charge in [0.2, 0.25) is 0 Å². The van der Waals surface area contributed by atoms with Crippen molar-refractivity contribution in [2.45, 2.75) is 19.3 Å². The van der Waals surface area contributed by atoms with Crippen molar-refractivity contribution in [3.8, 4) is 5.75 Å². The minimum Gasteiger partial charge on any atom is -0.493 e. The van der Waals surface area contributed by atoms with Crippen LogP contribution >= 0.6 is 0 Å². The Morgan fingerprint density at radius 1 is 1.44 bits per heavy atom. The Kier molecular flexibility index (Phi) is 2.77. The number of benzene rings is 1. The topological polar surface area (TPSA) is 46.5 Å². The third-order valence-corrected chi connectivity index (χ3v) is 2.57. The number of carboxylic acids is 1. The van der Waals surface area contributed by atoms with E-state index < -0.39 is 12.4 Å². The van der Waals surface area contributed by atoms with Gasteiger partial charge in [0.15, 0.2) is 0 Å². The van der Waals surface area contributed by atoms with Gasteiger partial charge in [-0.1, -0.05) is 0 Å². The van der Waals surface area contributed by atoms with Crippen molar-refractivity contribution < 1.29 is 23.4 Å². The van der Waals surface area contributed by atoms with Crippen LogP contribution in [0.3, 0.4) is 0 Å². The molecular formula is C11H10F2O3. The number of alkyl halides is 2. The van der Waals surface area contributed by atoms with Gasteiger partial charge in [-0.2, -0.15) is 0 Å². The summed E-state index contributed by atoms with van der Waals surface area (Å²) >= 11 is 0. The molecule has 1 aliphatic heterocycles. The molecule has 16 heavy (non-hydrogen) atoms. The zero-order chi connectivity index (χ0) is 11.7. The highest BCUT2D eigenvalue weighted by molar-refractivity contribution is 5.90. The summed E-state index contributed by atoms with van der Waals surface area (Å²) in [5, 5.41) is 8.93. The van der Waals surface area contributed by atoms with E-state index >= 15 is 0 Å². The van der Waals surface area contributed by atoms with Gasteiger partial charge in [0.25, 0.3) is 6.43 Å². The molecule has 0 saturated carbocycles. The molecule has 1 N–H and O–H groups in total. The van der Waals surface area contributed by atoms with E-state index in [4.69, 9.17) is 9.84 Å². The average molecular weight is 228 g/mol. The van der Waals surface area contributed by atoms with Crippen LogP contribution < -0.4 is 4.74 Å². The van der Waals surface area contributed by atoms with Gasteiger partial charge >= 0.3 is 5.97 Å². The summed E-state index contributed by atoms with van der Waals surface area (Å²) in [4.78, 5) is 10.9. The van der Waals surface area contributed by atoms with Crippen LogP contribution in [0.1, 0.15) is 34.3 Å². The third kappa shape index (κ3) is 1.73. The molecule has 1 heterocycles. The number of carboxylic acid groups (broad SMARTS) is 1. The number of rotatable bonds is 2. The number of carbonyl (C=O) groups is 1. The van der Waals surface area contributed by atoms with Crippen molar-refractivity contribution in [2.24, 2.45) is 0 Å². The van der Waals surface area contributed by atoms with E-state index in [2.05, 4.69) is 0 Å². The lowest BCUT2D eigenvalue weighted by Crippen LogP contribution is -2.15. The zero-order valence-corrected chi connectivity index (χ0v) is 8.37. The van der Waals surface area contributed by atoms with Crippen molar-refractivity contribution in [1.82, 2.24) is 0 Å². The van der Waals surface area contributed by atoms with Crippen molar-refractivity contribution in [2.75, 3.05) is 6.61 Å². The van der Waals surface area contributed by atoms with E-state index in [1.807, 2.05) is 0 Å². The molecule has 1 aliphatic rings. The summed E-state index contributed by atoms with van der Waals surface area (Å²) < 4.78 is 30.5. The fraction of sp³-hybridized carbons (Fsp3) is 0.364. The summed E-state index contributed by atoms with van der Waals surface area (Å²) in [5.41, 5.74) is 0.218. The molecular weight excluding hydrogens is 218 g/mol. The van der Waals surface area contributed by atoms with Gasteiger partial charge in [0.1, 0.15) is 5.75 Å². The van der Waals surface area contributed by atoms with Crippen LogP contribution in [0.2, 0.25) is 0 Å². The maximum absolute atomic E-state index is 12.7. The number of fused-ring (bicyclic) bond motifs is 1. The van der Waals surface area contributed by atoms with Crippen molar-refractivity contribution in [3.63, 3.8) is 0 Å². The summed E-state index contributed by atoms with van der Waals surface area (Å²) in [6, 6.07) is 2.34. The van der Waals surface area contributed by atoms with Crippen LogP contribution in [0.25, 0.3) is 0 Å². The van der Waals surface area contributed by atoms with Gasteiger partial charge < -0.3 is 9.84 Å². The fourth-order valence-corrected chi connectivity index (χ4v) is 1.86. The van der Waals surface area contributed by atoms with Gasteiger partial charge in [0.05, 0.1) is 17.7 Å².